The summed E-state index contributed by atoms with van der Waals surface area (Å²) in [5, 5.41) is 14.9. The topological polar surface area (TPSA) is 116 Å². The largest absolute Gasteiger partial charge is 0.481 e. The molecule has 1 fully saturated rings. The summed E-state index contributed by atoms with van der Waals surface area (Å²) in [7, 11) is 0. The molecule has 0 spiro atoms. The molecule has 2 aliphatic rings. The van der Waals surface area contributed by atoms with Crippen LogP contribution in [-0.4, -0.2) is 52.3 Å². The van der Waals surface area contributed by atoms with Crippen molar-refractivity contribution in [3.05, 3.63) is 28.8 Å². The molecule has 0 unspecified atom stereocenters. The minimum absolute atomic E-state index is 0.0436. The maximum Gasteiger partial charge on any atom is 0.303 e. The van der Waals surface area contributed by atoms with E-state index < -0.39 is 17.4 Å². The van der Waals surface area contributed by atoms with E-state index in [1.807, 2.05) is 0 Å². The highest BCUT2D eigenvalue weighted by molar-refractivity contribution is 6.31. The Morgan fingerprint density at radius 3 is 2.71 bits per heavy atom. The van der Waals surface area contributed by atoms with Crippen LogP contribution in [0.1, 0.15) is 43.5 Å². The maximum absolute atomic E-state index is 12.9. The number of benzene rings is 1. The molecule has 8 nitrogen and oxygen atoms in total. The van der Waals surface area contributed by atoms with Gasteiger partial charge >= 0.3 is 5.97 Å². The van der Waals surface area contributed by atoms with Crippen LogP contribution < -0.4 is 10.6 Å². The quantitative estimate of drug-likeness (QED) is 0.689. The van der Waals surface area contributed by atoms with Crippen LogP contribution in [0.5, 0.6) is 0 Å². The van der Waals surface area contributed by atoms with E-state index in [0.29, 0.717) is 22.7 Å². The van der Waals surface area contributed by atoms with Crippen molar-refractivity contribution in [2.75, 3.05) is 11.9 Å². The van der Waals surface area contributed by atoms with Crippen LogP contribution in [0, 0.1) is 5.41 Å². The van der Waals surface area contributed by atoms with E-state index in [2.05, 4.69) is 10.6 Å². The molecule has 28 heavy (non-hydrogen) atoms. The molecule has 3 rings (SSSR count). The number of carbonyl (C=O) groups excluding carboxylic acids is 3. The average molecular weight is 408 g/mol. The van der Waals surface area contributed by atoms with E-state index in [4.69, 9.17) is 16.7 Å². The fraction of sp³-hybridized carbons (Fsp3) is 0.474. The SMILES string of the molecule is CC(C)(CC(=O)O)CC(=O)N[C@@H]1C[C@@H]2C(=O)Nc3cc(Cl)ccc3C(=O)N2C1. The number of carboxylic acids is 1. The van der Waals surface area contributed by atoms with Gasteiger partial charge in [0.25, 0.3) is 5.91 Å². The predicted octanol–water partition coefficient (Wildman–Crippen LogP) is 1.88. The molecule has 9 heteroatoms. The minimum atomic E-state index is -0.965. The zero-order valence-corrected chi connectivity index (χ0v) is 16.4. The van der Waals surface area contributed by atoms with Gasteiger partial charge in [-0.25, -0.2) is 0 Å². The lowest BCUT2D eigenvalue weighted by Crippen LogP contribution is -2.41. The van der Waals surface area contributed by atoms with Crippen LogP contribution in [0.3, 0.4) is 0 Å². The van der Waals surface area contributed by atoms with E-state index in [1.165, 1.54) is 4.90 Å². The van der Waals surface area contributed by atoms with E-state index in [1.54, 1.807) is 32.0 Å². The van der Waals surface area contributed by atoms with Gasteiger partial charge < -0.3 is 20.6 Å². The van der Waals surface area contributed by atoms with Gasteiger partial charge in [0.15, 0.2) is 0 Å². The average Bonchev–Trinajstić information content (AvgIpc) is 2.92. The maximum atomic E-state index is 12.9. The van der Waals surface area contributed by atoms with E-state index in [0.717, 1.165) is 0 Å². The van der Waals surface area contributed by atoms with Crippen LogP contribution in [-0.2, 0) is 14.4 Å². The van der Waals surface area contributed by atoms with Gasteiger partial charge in [-0.3, -0.25) is 19.2 Å². The predicted molar refractivity (Wildman–Crippen MR) is 102 cm³/mol. The number of amides is 3. The van der Waals surface area contributed by atoms with Crippen LogP contribution in [0.2, 0.25) is 5.02 Å². The number of rotatable bonds is 5. The van der Waals surface area contributed by atoms with Gasteiger partial charge in [0.05, 0.1) is 17.7 Å². The van der Waals surface area contributed by atoms with Gasteiger partial charge in [0.1, 0.15) is 6.04 Å². The first-order valence-corrected chi connectivity index (χ1v) is 9.36. The monoisotopic (exact) mass is 407 g/mol. The van der Waals surface area contributed by atoms with E-state index in [9.17, 15) is 19.2 Å². The molecular formula is C19H22ClN3O5. The Labute approximate surface area is 167 Å². The number of carboxylic acid groups (broad SMARTS) is 1. The number of halogens is 1. The number of hydrogen-bond donors (Lipinski definition) is 3. The molecule has 2 aliphatic heterocycles. The summed E-state index contributed by atoms with van der Waals surface area (Å²) < 4.78 is 0. The molecule has 3 N–H and O–H groups in total. The molecule has 0 aliphatic carbocycles. The molecule has 0 aromatic heterocycles. The Bertz CT molecular complexity index is 854. The second kappa shape index (κ2) is 7.43. The van der Waals surface area contributed by atoms with E-state index >= 15 is 0 Å². The second-order valence-electron chi connectivity index (χ2n) is 8.06. The smallest absolute Gasteiger partial charge is 0.303 e. The zero-order valence-electron chi connectivity index (χ0n) is 15.6. The molecule has 150 valence electrons. The Morgan fingerprint density at radius 1 is 1.32 bits per heavy atom. The standard InChI is InChI=1S/C19H22ClN3O5/c1-19(2,8-16(25)26)7-15(24)21-11-6-14-17(27)22-13-5-10(20)3-4-12(13)18(28)23(14)9-11/h3-5,11,14H,6-9H2,1-2H3,(H,21,24)(H,22,27)(H,25,26)/t11-,14-/m1/s1. The molecular weight excluding hydrogens is 386 g/mol. The molecule has 1 aromatic rings. The third kappa shape index (κ3) is 4.27. The first-order valence-electron chi connectivity index (χ1n) is 8.98. The lowest BCUT2D eigenvalue weighted by atomic mass is 9.85. The van der Waals surface area contributed by atoms with Crippen molar-refractivity contribution >= 4 is 41.0 Å². The van der Waals surface area contributed by atoms with Crippen molar-refractivity contribution in [3.8, 4) is 0 Å². The Morgan fingerprint density at radius 2 is 2.04 bits per heavy atom. The fourth-order valence-electron chi connectivity index (χ4n) is 3.78. The summed E-state index contributed by atoms with van der Waals surface area (Å²) in [5.74, 6) is -1.88. The summed E-state index contributed by atoms with van der Waals surface area (Å²) in [5.41, 5.74) is 0.0486. The lowest BCUT2D eigenvalue weighted by Gasteiger charge is -2.23. The molecule has 2 atom stereocenters. The first kappa shape index (κ1) is 20.1. The summed E-state index contributed by atoms with van der Waals surface area (Å²) >= 11 is 5.95. The normalized spacial score (nSPS) is 21.5. The van der Waals surface area contributed by atoms with Gasteiger partial charge in [-0.1, -0.05) is 25.4 Å². The summed E-state index contributed by atoms with van der Waals surface area (Å²) in [6, 6.07) is 3.64. The molecule has 3 amide bonds. The van der Waals surface area contributed by atoms with E-state index in [-0.39, 0.29) is 43.1 Å². The van der Waals surface area contributed by atoms with Crippen LogP contribution in [0.25, 0.3) is 0 Å². The van der Waals surface area contributed by atoms with Crippen molar-refractivity contribution < 1.29 is 24.3 Å². The summed E-state index contributed by atoms with van der Waals surface area (Å²) in [4.78, 5) is 50.2. The number of aliphatic carboxylic acids is 1. The lowest BCUT2D eigenvalue weighted by molar-refractivity contribution is -0.139. The van der Waals surface area contributed by atoms with Gasteiger partial charge in [-0.2, -0.15) is 0 Å². The highest BCUT2D eigenvalue weighted by Gasteiger charge is 2.43. The van der Waals surface area contributed by atoms with Crippen LogP contribution in [0.4, 0.5) is 5.69 Å². The van der Waals surface area contributed by atoms with Crippen molar-refractivity contribution in [1.82, 2.24) is 10.2 Å². The minimum Gasteiger partial charge on any atom is -0.481 e. The van der Waals surface area contributed by atoms with Crippen molar-refractivity contribution in [3.63, 3.8) is 0 Å². The van der Waals surface area contributed by atoms with Gasteiger partial charge in [-0.15, -0.1) is 0 Å². The summed E-state index contributed by atoms with van der Waals surface area (Å²) in [6.45, 7) is 3.63. The van der Waals surface area contributed by atoms with Crippen LogP contribution in [0.15, 0.2) is 18.2 Å². The number of nitrogens with zero attached hydrogens (tertiary/aromatic N) is 1. The Balaban J connectivity index is 1.69. The Hall–Kier alpha value is -2.61. The van der Waals surface area contributed by atoms with Gasteiger partial charge in [0, 0.05) is 24.0 Å². The summed E-state index contributed by atoms with van der Waals surface area (Å²) in [6.07, 6.45) is 0.215. The third-order valence-corrected chi connectivity index (χ3v) is 5.20. The zero-order chi connectivity index (χ0) is 20.6. The molecule has 0 radical (unpaired) electrons. The fourth-order valence-corrected chi connectivity index (χ4v) is 3.95. The number of nitrogens with one attached hydrogen (secondary N) is 2. The van der Waals surface area contributed by atoms with Crippen molar-refractivity contribution in [2.24, 2.45) is 5.41 Å². The number of anilines is 1. The first-order chi connectivity index (χ1) is 13.1. The molecule has 0 saturated carbocycles. The van der Waals surface area contributed by atoms with Crippen LogP contribution >= 0.6 is 11.6 Å². The van der Waals surface area contributed by atoms with Crippen molar-refractivity contribution in [2.45, 2.75) is 45.2 Å². The number of hydrogen-bond acceptors (Lipinski definition) is 4. The highest BCUT2D eigenvalue weighted by Crippen LogP contribution is 2.31. The van der Waals surface area contributed by atoms with Gasteiger partial charge in [-0.05, 0) is 30.0 Å². The number of fused-ring (bicyclic) bond motifs is 2. The molecule has 1 saturated heterocycles. The van der Waals surface area contributed by atoms with Crippen molar-refractivity contribution in [1.29, 1.82) is 0 Å². The molecule has 1 aromatic carbocycles. The highest BCUT2D eigenvalue weighted by atomic mass is 35.5. The Kier molecular flexibility index (Phi) is 5.34. The second-order valence-corrected chi connectivity index (χ2v) is 8.50. The third-order valence-electron chi connectivity index (χ3n) is 4.97. The number of carbonyl (C=O) groups is 4. The van der Waals surface area contributed by atoms with Gasteiger partial charge in [0.2, 0.25) is 11.8 Å². The molecule has 0 bridgehead atoms. The molecule has 2 heterocycles.